The fourth-order valence-corrected chi connectivity index (χ4v) is 5.90. The Labute approximate surface area is 138 Å². The lowest BCUT2D eigenvalue weighted by Gasteiger charge is -2.57. The molecule has 4 aliphatic rings. The predicted octanol–water partition coefficient (Wildman–Crippen LogP) is 4.03. The highest BCUT2D eigenvalue weighted by Gasteiger charge is 2.50. The van der Waals surface area contributed by atoms with Crippen molar-refractivity contribution in [3.05, 3.63) is 29.8 Å². The summed E-state index contributed by atoms with van der Waals surface area (Å²) in [7, 11) is 1.63. The van der Waals surface area contributed by atoms with Gasteiger partial charge in [-0.1, -0.05) is 6.07 Å². The van der Waals surface area contributed by atoms with Crippen LogP contribution in [0.15, 0.2) is 24.3 Å². The number of hydrogen-bond donors (Lipinski definition) is 1. The second kappa shape index (κ2) is 5.85. The van der Waals surface area contributed by atoms with Crippen molar-refractivity contribution >= 4 is 5.91 Å². The summed E-state index contributed by atoms with van der Waals surface area (Å²) in [6.45, 7) is 0.808. The standard InChI is InChI=1S/C20H27NO2/c1-23-18-4-2-3-17(10-18)19(22)21-6-5-20-11-14-7-15(12-20)9-16(8-14)13-20/h2-4,10,14-16H,5-9,11-13H2,1H3,(H,21,22). The van der Waals surface area contributed by atoms with Crippen molar-refractivity contribution < 1.29 is 9.53 Å². The Morgan fingerprint density at radius 1 is 1.17 bits per heavy atom. The van der Waals surface area contributed by atoms with Crippen molar-refractivity contribution in [2.24, 2.45) is 23.2 Å². The van der Waals surface area contributed by atoms with E-state index in [1.54, 1.807) is 13.2 Å². The maximum Gasteiger partial charge on any atom is 0.251 e. The number of nitrogens with one attached hydrogen (secondary N) is 1. The molecule has 0 spiro atoms. The van der Waals surface area contributed by atoms with Crippen molar-refractivity contribution in [1.82, 2.24) is 5.32 Å². The zero-order chi connectivity index (χ0) is 15.9. The SMILES string of the molecule is COc1cccc(C(=O)NCCC23CC4CC(CC(C4)C2)C3)c1. The topological polar surface area (TPSA) is 38.3 Å². The van der Waals surface area contributed by atoms with Crippen molar-refractivity contribution in [2.45, 2.75) is 44.9 Å². The Morgan fingerprint density at radius 3 is 2.43 bits per heavy atom. The Hall–Kier alpha value is -1.51. The third kappa shape index (κ3) is 2.98. The summed E-state index contributed by atoms with van der Waals surface area (Å²) in [5, 5.41) is 3.13. The van der Waals surface area contributed by atoms with E-state index >= 15 is 0 Å². The summed E-state index contributed by atoms with van der Waals surface area (Å²) < 4.78 is 5.19. The number of carbonyl (C=O) groups excluding carboxylic acids is 1. The predicted molar refractivity (Wildman–Crippen MR) is 90.5 cm³/mol. The highest BCUT2D eigenvalue weighted by atomic mass is 16.5. The molecule has 1 aromatic carbocycles. The van der Waals surface area contributed by atoms with Gasteiger partial charge >= 0.3 is 0 Å². The van der Waals surface area contributed by atoms with E-state index in [1.807, 2.05) is 18.2 Å². The second-order valence-corrected chi connectivity index (χ2v) is 8.16. The third-order valence-electron chi connectivity index (χ3n) is 6.44. The highest BCUT2D eigenvalue weighted by Crippen LogP contribution is 2.61. The van der Waals surface area contributed by atoms with Crippen LogP contribution in [-0.4, -0.2) is 19.6 Å². The summed E-state index contributed by atoms with van der Waals surface area (Å²) in [5.41, 5.74) is 1.23. The molecule has 0 radical (unpaired) electrons. The quantitative estimate of drug-likeness (QED) is 0.891. The van der Waals surface area contributed by atoms with Crippen molar-refractivity contribution in [2.75, 3.05) is 13.7 Å². The van der Waals surface area contributed by atoms with E-state index in [0.717, 1.165) is 36.5 Å². The van der Waals surface area contributed by atoms with E-state index in [0.29, 0.717) is 11.0 Å². The fraction of sp³-hybridized carbons (Fsp3) is 0.650. The van der Waals surface area contributed by atoms with Crippen LogP contribution in [0.2, 0.25) is 0 Å². The molecule has 3 nitrogen and oxygen atoms in total. The van der Waals surface area contributed by atoms with Crippen LogP contribution in [0.3, 0.4) is 0 Å². The largest absolute Gasteiger partial charge is 0.497 e. The van der Waals surface area contributed by atoms with Gasteiger partial charge in [0.15, 0.2) is 0 Å². The van der Waals surface area contributed by atoms with Crippen molar-refractivity contribution in [3.63, 3.8) is 0 Å². The maximum absolute atomic E-state index is 12.3. The minimum Gasteiger partial charge on any atom is -0.497 e. The van der Waals surface area contributed by atoms with Gasteiger partial charge in [-0.3, -0.25) is 4.79 Å². The van der Waals surface area contributed by atoms with Crippen molar-refractivity contribution in [1.29, 1.82) is 0 Å². The summed E-state index contributed by atoms with van der Waals surface area (Å²) in [4.78, 5) is 12.3. The van der Waals surface area contributed by atoms with E-state index in [4.69, 9.17) is 4.74 Å². The number of ether oxygens (including phenoxy) is 1. The second-order valence-electron chi connectivity index (χ2n) is 8.16. The van der Waals surface area contributed by atoms with E-state index in [2.05, 4.69) is 5.32 Å². The van der Waals surface area contributed by atoms with E-state index in [9.17, 15) is 4.79 Å². The first kappa shape index (κ1) is 15.0. The molecule has 0 heterocycles. The van der Waals surface area contributed by atoms with Gasteiger partial charge in [-0.15, -0.1) is 0 Å². The van der Waals surface area contributed by atoms with E-state index < -0.39 is 0 Å². The van der Waals surface area contributed by atoms with Crippen LogP contribution in [0.4, 0.5) is 0 Å². The van der Waals surface area contributed by atoms with Crippen LogP contribution >= 0.6 is 0 Å². The molecule has 0 aromatic heterocycles. The van der Waals surface area contributed by atoms with Crippen molar-refractivity contribution in [3.8, 4) is 5.75 Å². The zero-order valence-corrected chi connectivity index (χ0v) is 14.0. The van der Waals surface area contributed by atoms with Gasteiger partial charge in [-0.25, -0.2) is 0 Å². The lowest BCUT2D eigenvalue weighted by Crippen LogP contribution is -2.47. The van der Waals surface area contributed by atoms with Crippen LogP contribution in [0.25, 0.3) is 0 Å². The molecule has 4 fully saturated rings. The molecule has 0 atom stereocenters. The minimum atomic E-state index is 0.0219. The van der Waals surface area contributed by atoms with Gasteiger partial charge in [0, 0.05) is 12.1 Å². The van der Waals surface area contributed by atoms with Crippen LogP contribution < -0.4 is 10.1 Å². The first-order valence-electron chi connectivity index (χ1n) is 9.08. The molecule has 124 valence electrons. The van der Waals surface area contributed by atoms with Gasteiger partial charge in [0.05, 0.1) is 7.11 Å². The van der Waals surface area contributed by atoms with Gasteiger partial charge in [0.1, 0.15) is 5.75 Å². The lowest BCUT2D eigenvalue weighted by atomic mass is 9.49. The lowest BCUT2D eigenvalue weighted by molar-refractivity contribution is -0.0564. The monoisotopic (exact) mass is 313 g/mol. The number of amides is 1. The fourth-order valence-electron chi connectivity index (χ4n) is 5.90. The molecule has 1 N–H and O–H groups in total. The maximum atomic E-state index is 12.3. The summed E-state index contributed by atoms with van der Waals surface area (Å²) in [5.74, 6) is 3.70. The minimum absolute atomic E-state index is 0.0219. The molecule has 0 unspecified atom stereocenters. The van der Waals surface area contributed by atoms with Crippen LogP contribution in [0.1, 0.15) is 55.3 Å². The highest BCUT2D eigenvalue weighted by molar-refractivity contribution is 5.94. The van der Waals surface area contributed by atoms with Crippen LogP contribution in [0, 0.1) is 23.2 Å². The van der Waals surface area contributed by atoms with Gasteiger partial charge in [-0.05, 0) is 86.3 Å². The third-order valence-corrected chi connectivity index (χ3v) is 6.44. The van der Waals surface area contributed by atoms with Crippen LogP contribution in [-0.2, 0) is 0 Å². The normalized spacial score (nSPS) is 34.4. The zero-order valence-electron chi connectivity index (χ0n) is 14.0. The average Bonchev–Trinajstić information content (AvgIpc) is 2.53. The van der Waals surface area contributed by atoms with E-state index in [1.165, 1.54) is 38.5 Å². The molecule has 1 amide bonds. The number of hydrogen-bond acceptors (Lipinski definition) is 2. The Morgan fingerprint density at radius 2 is 1.83 bits per heavy atom. The van der Waals surface area contributed by atoms with E-state index in [-0.39, 0.29) is 5.91 Å². The number of benzene rings is 1. The Kier molecular flexibility index (Phi) is 3.82. The molecule has 4 aliphatic carbocycles. The Balaban J connectivity index is 1.34. The summed E-state index contributed by atoms with van der Waals surface area (Å²) in [6, 6.07) is 7.39. The van der Waals surface area contributed by atoms with Gasteiger partial charge in [0.2, 0.25) is 0 Å². The smallest absolute Gasteiger partial charge is 0.251 e. The van der Waals surface area contributed by atoms with Gasteiger partial charge < -0.3 is 10.1 Å². The number of rotatable bonds is 5. The number of carbonyl (C=O) groups is 1. The average molecular weight is 313 g/mol. The van der Waals surface area contributed by atoms with Gasteiger partial charge in [-0.2, -0.15) is 0 Å². The molecule has 4 bridgehead atoms. The van der Waals surface area contributed by atoms with Gasteiger partial charge in [0.25, 0.3) is 5.91 Å². The molecule has 5 rings (SSSR count). The molecule has 0 aliphatic heterocycles. The Bertz CT molecular complexity index is 560. The van der Waals surface area contributed by atoms with Crippen LogP contribution in [0.5, 0.6) is 5.75 Å². The summed E-state index contributed by atoms with van der Waals surface area (Å²) in [6.07, 6.45) is 9.84. The number of methoxy groups -OCH3 is 1. The molecule has 23 heavy (non-hydrogen) atoms. The first-order valence-corrected chi connectivity index (χ1v) is 9.08. The summed E-state index contributed by atoms with van der Waals surface area (Å²) >= 11 is 0. The molecule has 1 aromatic rings. The molecular weight excluding hydrogens is 286 g/mol. The molecule has 0 saturated heterocycles. The molecule has 4 saturated carbocycles. The first-order chi connectivity index (χ1) is 11.2. The molecular formula is C20H27NO2. The molecule has 3 heteroatoms.